The summed E-state index contributed by atoms with van der Waals surface area (Å²) in [6, 6.07) is 19.7. The smallest absolute Gasteiger partial charge is 0.353 e. The van der Waals surface area contributed by atoms with Gasteiger partial charge in [0.25, 0.3) is 5.91 Å². The highest BCUT2D eigenvalue weighted by Gasteiger charge is 2.54. The molecule has 1 aromatic heterocycles. The van der Waals surface area contributed by atoms with Gasteiger partial charge in [-0.15, -0.1) is 11.8 Å². The number of hydrogen-bond acceptors (Lipinski definition) is 7. The number of carbonyl (C=O) groups excluding carboxylic acids is 2. The third-order valence-electron chi connectivity index (χ3n) is 6.62. The van der Waals surface area contributed by atoms with Crippen molar-refractivity contribution in [2.45, 2.75) is 29.3 Å². The molecular weight excluding hydrogens is 524 g/mol. The zero-order chi connectivity index (χ0) is 26.4. The first kappa shape index (κ1) is 24.6. The molecule has 0 radical (unpaired) electrons. The first-order valence-corrected chi connectivity index (χ1v) is 13.8. The van der Waals surface area contributed by atoms with Crippen molar-refractivity contribution in [1.29, 1.82) is 0 Å². The van der Waals surface area contributed by atoms with Crippen LogP contribution in [-0.2, 0) is 27.4 Å². The Kier molecular flexibility index (Phi) is 6.38. The van der Waals surface area contributed by atoms with Crippen molar-refractivity contribution in [3.63, 3.8) is 0 Å². The summed E-state index contributed by atoms with van der Waals surface area (Å²) in [5.41, 5.74) is 2.74. The predicted octanol–water partition coefficient (Wildman–Crippen LogP) is 4.11. The summed E-state index contributed by atoms with van der Waals surface area (Å²) in [6.07, 6.45) is 0.148. The van der Waals surface area contributed by atoms with Gasteiger partial charge in [0, 0.05) is 31.9 Å². The Morgan fingerprint density at radius 2 is 1.89 bits per heavy atom. The van der Waals surface area contributed by atoms with Crippen LogP contribution in [0.5, 0.6) is 0 Å². The van der Waals surface area contributed by atoms with Crippen molar-refractivity contribution >= 4 is 63.2 Å². The van der Waals surface area contributed by atoms with Crippen LogP contribution in [0.4, 0.5) is 0 Å². The van der Waals surface area contributed by atoms with Crippen molar-refractivity contribution in [2.24, 2.45) is 0 Å². The largest absolute Gasteiger partial charge is 0.477 e. The van der Waals surface area contributed by atoms with E-state index in [-0.39, 0.29) is 24.6 Å². The molecule has 2 amide bonds. The molecule has 4 aromatic rings. The van der Waals surface area contributed by atoms with Gasteiger partial charge in [-0.25, -0.2) is 4.79 Å². The van der Waals surface area contributed by atoms with E-state index in [1.165, 1.54) is 28.4 Å². The van der Waals surface area contributed by atoms with Gasteiger partial charge in [-0.2, -0.15) is 0 Å². The molecule has 6 rings (SSSR count). The molecule has 2 aliphatic rings. The molecule has 2 aliphatic heterocycles. The zero-order valence-corrected chi connectivity index (χ0v) is 21.6. The Balaban J connectivity index is 1.23. The van der Waals surface area contributed by atoms with E-state index in [0.717, 1.165) is 21.2 Å². The molecule has 1 saturated heterocycles. The lowest BCUT2D eigenvalue weighted by Gasteiger charge is -2.49. The molecule has 3 aromatic carbocycles. The van der Waals surface area contributed by atoms with Crippen LogP contribution in [0.15, 0.2) is 86.6 Å². The van der Waals surface area contributed by atoms with Crippen LogP contribution < -0.4 is 5.32 Å². The van der Waals surface area contributed by atoms with Crippen LogP contribution in [0, 0.1) is 0 Å². The SMILES string of the molecule is O=C(Cc1ccccc1)N[C@@H]1C(=O)N2C(C(=O)O)=C(Sc3ccc4c(c3)oc3c(CO)cccc34)CS[C@@H]12. The van der Waals surface area contributed by atoms with Crippen molar-refractivity contribution < 1.29 is 29.0 Å². The average Bonchev–Trinajstić information content (AvgIpc) is 3.30. The molecule has 2 atom stereocenters. The number of β-lactam (4-membered cyclic amide) rings is 1. The highest BCUT2D eigenvalue weighted by molar-refractivity contribution is 8.06. The number of hydrogen-bond donors (Lipinski definition) is 3. The van der Waals surface area contributed by atoms with Gasteiger partial charge < -0.3 is 19.9 Å². The molecule has 8 nitrogen and oxygen atoms in total. The number of rotatable bonds is 7. The standard InChI is InChI=1S/C28H22N2O6S2/c31-13-16-7-4-8-19-18-10-9-17(12-20(18)36-25(16)19)38-21-14-37-27-23(26(33)30(27)24(21)28(34)35)29-22(32)11-15-5-2-1-3-6-15/h1-10,12,23,27,31H,11,13-14H2,(H,29,32)(H,34,35)/t23-,27+/m1/s1. The highest BCUT2D eigenvalue weighted by Crippen LogP contribution is 2.46. The fourth-order valence-corrected chi connectivity index (χ4v) is 7.35. The number of aliphatic hydroxyl groups excluding tert-OH is 1. The average molecular weight is 547 g/mol. The first-order valence-electron chi connectivity index (χ1n) is 11.9. The number of carboxylic acids is 1. The van der Waals surface area contributed by atoms with Crippen molar-refractivity contribution in [2.75, 3.05) is 5.75 Å². The number of carbonyl (C=O) groups is 3. The minimum absolute atomic E-state index is 0.0513. The number of carboxylic acid groups (broad SMARTS) is 1. The third-order valence-corrected chi connectivity index (χ3v) is 9.16. The lowest BCUT2D eigenvalue weighted by molar-refractivity contribution is -0.150. The van der Waals surface area contributed by atoms with Gasteiger partial charge >= 0.3 is 5.97 Å². The quantitative estimate of drug-likeness (QED) is 0.296. The van der Waals surface area contributed by atoms with Gasteiger partial charge in [0.1, 0.15) is 28.3 Å². The number of aliphatic carboxylic acids is 1. The number of aliphatic hydroxyl groups is 1. The lowest BCUT2D eigenvalue weighted by atomic mass is 10.0. The topological polar surface area (TPSA) is 120 Å². The number of nitrogens with zero attached hydrogens (tertiary/aromatic N) is 1. The van der Waals surface area contributed by atoms with Gasteiger partial charge in [0.2, 0.25) is 5.91 Å². The Morgan fingerprint density at radius 1 is 1.08 bits per heavy atom. The van der Waals surface area contributed by atoms with Gasteiger partial charge in [0.05, 0.1) is 13.0 Å². The summed E-state index contributed by atoms with van der Waals surface area (Å²) in [5.74, 6) is -1.50. The number of furan rings is 1. The maximum atomic E-state index is 13.0. The molecule has 0 saturated carbocycles. The minimum Gasteiger partial charge on any atom is -0.477 e. The summed E-state index contributed by atoms with van der Waals surface area (Å²) in [5, 5.41) is 23.8. The molecule has 0 spiro atoms. The van der Waals surface area contributed by atoms with E-state index in [1.54, 1.807) is 6.07 Å². The molecular formula is C28H22N2O6S2. The van der Waals surface area contributed by atoms with Crippen molar-refractivity contribution in [1.82, 2.24) is 10.2 Å². The summed E-state index contributed by atoms with van der Waals surface area (Å²) in [7, 11) is 0. The molecule has 38 heavy (non-hydrogen) atoms. The number of benzene rings is 3. The third kappa shape index (κ3) is 4.24. The molecule has 1 fully saturated rings. The normalized spacial score (nSPS) is 19.0. The fourth-order valence-electron chi connectivity index (χ4n) is 4.84. The van der Waals surface area contributed by atoms with Crippen LogP contribution >= 0.6 is 23.5 Å². The van der Waals surface area contributed by atoms with E-state index in [9.17, 15) is 24.6 Å². The van der Waals surface area contributed by atoms with Crippen LogP contribution in [0.1, 0.15) is 11.1 Å². The van der Waals surface area contributed by atoms with E-state index in [2.05, 4.69) is 5.32 Å². The number of fused-ring (bicyclic) bond motifs is 4. The maximum absolute atomic E-state index is 13.0. The molecule has 3 N–H and O–H groups in total. The van der Waals surface area contributed by atoms with Crippen LogP contribution in [0.3, 0.4) is 0 Å². The second-order valence-electron chi connectivity index (χ2n) is 9.01. The molecule has 3 heterocycles. The van der Waals surface area contributed by atoms with Gasteiger partial charge in [-0.1, -0.05) is 60.3 Å². The van der Waals surface area contributed by atoms with Crippen molar-refractivity contribution in [3.8, 4) is 0 Å². The van der Waals surface area contributed by atoms with E-state index in [4.69, 9.17) is 4.42 Å². The van der Waals surface area contributed by atoms with E-state index >= 15 is 0 Å². The molecule has 0 bridgehead atoms. The molecule has 0 unspecified atom stereocenters. The highest BCUT2D eigenvalue weighted by atomic mass is 32.2. The summed E-state index contributed by atoms with van der Waals surface area (Å²) < 4.78 is 6.02. The van der Waals surface area contributed by atoms with E-state index in [1.807, 2.05) is 60.7 Å². The Morgan fingerprint density at radius 3 is 2.66 bits per heavy atom. The summed E-state index contributed by atoms with van der Waals surface area (Å²) in [4.78, 5) is 40.4. The summed E-state index contributed by atoms with van der Waals surface area (Å²) >= 11 is 2.71. The summed E-state index contributed by atoms with van der Waals surface area (Å²) in [6.45, 7) is -0.135. The fraction of sp³-hybridized carbons (Fsp3) is 0.179. The zero-order valence-electron chi connectivity index (χ0n) is 19.9. The number of thioether (sulfide) groups is 2. The number of amides is 2. The van der Waals surface area contributed by atoms with Crippen LogP contribution in [0.2, 0.25) is 0 Å². The lowest BCUT2D eigenvalue weighted by Crippen LogP contribution is -2.70. The maximum Gasteiger partial charge on any atom is 0.353 e. The predicted molar refractivity (Wildman–Crippen MR) is 145 cm³/mol. The van der Waals surface area contributed by atoms with Gasteiger partial charge in [-0.3, -0.25) is 14.5 Å². The first-order chi connectivity index (χ1) is 18.4. The Bertz CT molecular complexity index is 1630. The Hall–Kier alpha value is -3.73. The van der Waals surface area contributed by atoms with Gasteiger partial charge in [-0.05, 0) is 23.8 Å². The van der Waals surface area contributed by atoms with E-state index in [0.29, 0.717) is 27.4 Å². The monoisotopic (exact) mass is 546 g/mol. The molecule has 192 valence electrons. The minimum atomic E-state index is -1.18. The molecule has 0 aliphatic carbocycles. The second-order valence-corrected chi connectivity index (χ2v) is 11.3. The van der Waals surface area contributed by atoms with Crippen LogP contribution in [-0.4, -0.2) is 50.1 Å². The number of para-hydroxylation sites is 1. The molecule has 10 heteroatoms. The second kappa shape index (κ2) is 9.86. The van der Waals surface area contributed by atoms with E-state index < -0.39 is 23.3 Å². The van der Waals surface area contributed by atoms with Gasteiger partial charge in [0.15, 0.2) is 0 Å². The van der Waals surface area contributed by atoms with Crippen molar-refractivity contribution in [3.05, 3.63) is 88.5 Å². The van der Waals surface area contributed by atoms with Crippen LogP contribution in [0.25, 0.3) is 21.9 Å². The number of nitrogens with one attached hydrogen (secondary N) is 1. The Labute approximate surface area is 225 Å².